The van der Waals surface area contributed by atoms with E-state index >= 15 is 0 Å². The second-order valence-corrected chi connectivity index (χ2v) is 9.27. The van der Waals surface area contributed by atoms with Gasteiger partial charge in [-0.25, -0.2) is 4.98 Å². The molecule has 194 valence electrons. The smallest absolute Gasteiger partial charge is 0.274 e. The van der Waals surface area contributed by atoms with Gasteiger partial charge in [0, 0.05) is 37.1 Å². The van der Waals surface area contributed by atoms with Gasteiger partial charge in [0.2, 0.25) is 0 Å². The molecule has 2 heterocycles. The highest BCUT2D eigenvalue weighted by molar-refractivity contribution is 6.05. The van der Waals surface area contributed by atoms with Gasteiger partial charge >= 0.3 is 0 Å². The highest BCUT2D eigenvalue weighted by Crippen LogP contribution is 2.35. The molecule has 1 N–H and O–H groups in total. The molecule has 2 aromatic heterocycles. The first-order chi connectivity index (χ1) is 17.7. The van der Waals surface area contributed by atoms with Crippen LogP contribution in [0.4, 0.5) is 11.4 Å². The van der Waals surface area contributed by atoms with Gasteiger partial charge in [-0.3, -0.25) is 9.20 Å². The summed E-state index contributed by atoms with van der Waals surface area (Å²) in [6.45, 7) is 17.8. The Balaban J connectivity index is 1.89. The third kappa shape index (κ3) is 7.00. The quantitative estimate of drug-likeness (QED) is 0.266. The minimum atomic E-state index is -0.235. The number of imidazole rings is 1. The summed E-state index contributed by atoms with van der Waals surface area (Å²) in [7, 11) is 2.05. The molecule has 0 spiro atoms. The monoisotopic (exact) mass is 498 g/mol. The molecule has 6 nitrogen and oxygen atoms in total. The van der Waals surface area contributed by atoms with Gasteiger partial charge in [-0.05, 0) is 50.5 Å². The summed E-state index contributed by atoms with van der Waals surface area (Å²) >= 11 is 0. The number of nitrogens with one attached hydrogen (secondary N) is 1. The molecular formula is C31H38N4O2. The first-order valence-electron chi connectivity index (χ1n) is 12.7. The number of ether oxygens (including phenoxy) is 1. The van der Waals surface area contributed by atoms with Crippen LogP contribution in [0.3, 0.4) is 0 Å². The van der Waals surface area contributed by atoms with Crippen LogP contribution in [-0.4, -0.2) is 35.5 Å². The molecule has 0 saturated carbocycles. The van der Waals surface area contributed by atoms with E-state index in [0.717, 1.165) is 53.2 Å². The number of hydrogen-bond acceptors (Lipinski definition) is 4. The lowest BCUT2D eigenvalue weighted by molar-refractivity contribution is 0.102. The molecule has 1 aromatic carbocycles. The van der Waals surface area contributed by atoms with Crippen LogP contribution in [0.15, 0.2) is 85.3 Å². The average molecular weight is 499 g/mol. The maximum absolute atomic E-state index is 13.4. The fourth-order valence-electron chi connectivity index (χ4n) is 4.03. The number of aromatic nitrogens is 2. The van der Waals surface area contributed by atoms with Crippen molar-refractivity contribution in [3.63, 3.8) is 0 Å². The summed E-state index contributed by atoms with van der Waals surface area (Å²) in [5, 5.41) is 3.11. The fraction of sp³-hybridized carbons (Fsp3) is 0.290. The van der Waals surface area contributed by atoms with E-state index in [1.54, 1.807) is 10.6 Å². The third-order valence-electron chi connectivity index (χ3n) is 5.92. The van der Waals surface area contributed by atoms with Gasteiger partial charge in [0.25, 0.3) is 5.91 Å². The van der Waals surface area contributed by atoms with E-state index < -0.39 is 0 Å². The Morgan fingerprint density at radius 1 is 1.22 bits per heavy atom. The first-order valence-corrected chi connectivity index (χ1v) is 12.7. The Morgan fingerprint density at radius 3 is 2.70 bits per heavy atom. The number of amides is 1. The van der Waals surface area contributed by atoms with Crippen LogP contribution in [0.5, 0.6) is 5.75 Å². The SMILES string of the molecule is C=C(C)C=CC=C(C)CN(C)c1cccc(NC(=O)c2cnc3cc(OCCC)ccn23)c1C(=C)CC. The van der Waals surface area contributed by atoms with Gasteiger partial charge in [-0.1, -0.05) is 62.4 Å². The Kier molecular flexibility index (Phi) is 9.50. The molecule has 0 saturated heterocycles. The number of benzene rings is 1. The predicted molar refractivity (Wildman–Crippen MR) is 156 cm³/mol. The van der Waals surface area contributed by atoms with Gasteiger partial charge < -0.3 is 15.0 Å². The highest BCUT2D eigenvalue weighted by Gasteiger charge is 2.19. The van der Waals surface area contributed by atoms with Crippen LogP contribution in [0.1, 0.15) is 56.6 Å². The zero-order valence-electron chi connectivity index (χ0n) is 22.7. The van der Waals surface area contributed by atoms with Crippen LogP contribution >= 0.6 is 0 Å². The summed E-state index contributed by atoms with van der Waals surface area (Å²) in [4.78, 5) is 20.0. The van der Waals surface area contributed by atoms with Crippen LogP contribution < -0.4 is 15.0 Å². The lowest BCUT2D eigenvalue weighted by atomic mass is 9.99. The molecule has 0 atom stereocenters. The lowest BCUT2D eigenvalue weighted by Crippen LogP contribution is -2.22. The zero-order valence-corrected chi connectivity index (χ0v) is 22.7. The topological polar surface area (TPSA) is 58.9 Å². The third-order valence-corrected chi connectivity index (χ3v) is 5.92. The van der Waals surface area contributed by atoms with Crippen LogP contribution in [-0.2, 0) is 0 Å². The molecular weight excluding hydrogens is 460 g/mol. The summed E-state index contributed by atoms with van der Waals surface area (Å²) in [6.07, 6.45) is 11.2. The van der Waals surface area contributed by atoms with E-state index in [9.17, 15) is 4.79 Å². The molecule has 0 aliphatic rings. The molecule has 0 aliphatic carbocycles. The molecule has 37 heavy (non-hydrogen) atoms. The number of pyridine rings is 1. The lowest BCUT2D eigenvalue weighted by Gasteiger charge is -2.25. The second-order valence-electron chi connectivity index (χ2n) is 9.27. The second kappa shape index (κ2) is 12.8. The number of carbonyl (C=O) groups is 1. The van der Waals surface area contributed by atoms with E-state index in [1.165, 1.54) is 5.57 Å². The van der Waals surface area contributed by atoms with Gasteiger partial charge in [-0.15, -0.1) is 0 Å². The maximum atomic E-state index is 13.4. The Bertz CT molecular complexity index is 1350. The Morgan fingerprint density at radius 2 is 2.00 bits per heavy atom. The summed E-state index contributed by atoms with van der Waals surface area (Å²) < 4.78 is 7.47. The fourth-order valence-corrected chi connectivity index (χ4v) is 4.03. The molecule has 0 radical (unpaired) electrons. The van der Waals surface area contributed by atoms with Crippen LogP contribution in [0.2, 0.25) is 0 Å². The molecule has 0 unspecified atom stereocenters. The molecule has 3 aromatic rings. The van der Waals surface area contributed by atoms with Crippen molar-refractivity contribution in [1.82, 2.24) is 9.38 Å². The van der Waals surface area contributed by atoms with Gasteiger partial charge in [0.1, 0.15) is 17.1 Å². The van der Waals surface area contributed by atoms with Crippen molar-refractivity contribution in [2.75, 3.05) is 30.4 Å². The molecule has 1 amide bonds. The number of fused-ring (bicyclic) bond motifs is 1. The summed E-state index contributed by atoms with van der Waals surface area (Å²) in [5.74, 6) is 0.504. The van der Waals surface area contributed by atoms with Crippen molar-refractivity contribution in [3.05, 3.63) is 96.5 Å². The molecule has 3 rings (SSSR count). The van der Waals surface area contributed by atoms with Crippen molar-refractivity contribution in [1.29, 1.82) is 0 Å². The number of nitrogens with zero attached hydrogens (tertiary/aromatic N) is 3. The standard InChI is InChI=1S/C31H38N4O2/c1-8-18-37-25-16-17-35-28(20-32-29(35)19-25)31(36)33-26-14-11-15-27(30(26)24(6)9-2)34(7)21-23(5)13-10-12-22(3)4/h10-17,19-20H,3,6,8-9,18,21H2,1-2,4-5,7H3,(H,33,36). The van der Waals surface area contributed by atoms with E-state index in [4.69, 9.17) is 4.74 Å². The van der Waals surface area contributed by atoms with Crippen molar-refractivity contribution in [3.8, 4) is 5.75 Å². The highest BCUT2D eigenvalue weighted by atomic mass is 16.5. The number of rotatable bonds is 12. The van der Waals surface area contributed by atoms with E-state index in [0.29, 0.717) is 17.9 Å². The minimum Gasteiger partial charge on any atom is -0.493 e. The average Bonchev–Trinajstić information content (AvgIpc) is 3.30. The van der Waals surface area contributed by atoms with E-state index in [-0.39, 0.29) is 5.91 Å². The van der Waals surface area contributed by atoms with Crippen LogP contribution in [0, 0.1) is 0 Å². The zero-order chi connectivity index (χ0) is 26.9. The maximum Gasteiger partial charge on any atom is 0.274 e. The van der Waals surface area contributed by atoms with E-state index in [1.807, 2.05) is 49.5 Å². The predicted octanol–water partition coefficient (Wildman–Crippen LogP) is 7.31. The van der Waals surface area contributed by atoms with Crippen molar-refractivity contribution in [2.24, 2.45) is 0 Å². The minimum absolute atomic E-state index is 0.235. The Hall–Kier alpha value is -4.06. The molecule has 6 heteroatoms. The molecule has 0 aliphatic heterocycles. The first kappa shape index (κ1) is 27.5. The number of allylic oxidation sites excluding steroid dienone is 5. The van der Waals surface area contributed by atoms with Gasteiger partial charge in [-0.2, -0.15) is 0 Å². The van der Waals surface area contributed by atoms with Gasteiger partial charge in [0.05, 0.1) is 18.5 Å². The Labute approximate surface area is 220 Å². The largest absolute Gasteiger partial charge is 0.493 e. The van der Waals surface area contributed by atoms with Crippen molar-refractivity contribution < 1.29 is 9.53 Å². The summed E-state index contributed by atoms with van der Waals surface area (Å²) in [5.41, 5.74) is 6.96. The molecule has 0 bridgehead atoms. The van der Waals surface area contributed by atoms with Crippen molar-refractivity contribution >= 4 is 28.5 Å². The van der Waals surface area contributed by atoms with E-state index in [2.05, 4.69) is 68.3 Å². The summed E-state index contributed by atoms with van der Waals surface area (Å²) in [6, 6.07) is 9.63. The number of hydrogen-bond donors (Lipinski definition) is 1. The normalized spacial score (nSPS) is 11.6. The number of anilines is 2. The van der Waals surface area contributed by atoms with Gasteiger partial charge in [0.15, 0.2) is 0 Å². The van der Waals surface area contributed by atoms with Crippen LogP contribution in [0.25, 0.3) is 11.2 Å². The molecule has 0 fully saturated rings. The number of likely N-dealkylation sites (N-methyl/N-ethyl adjacent to an activating group) is 1. The number of carbonyl (C=O) groups excluding carboxylic acids is 1. The van der Waals surface area contributed by atoms with Crippen molar-refractivity contribution in [2.45, 2.75) is 40.5 Å².